The molecule has 7 heteroatoms. The number of hydrogen-bond donors (Lipinski definition) is 2. The van der Waals surface area contributed by atoms with Gasteiger partial charge >= 0.3 is 5.97 Å². The van der Waals surface area contributed by atoms with E-state index in [-0.39, 0.29) is 16.1 Å². The molecular weight excluding hydrogens is 312 g/mol. The number of halogens is 1. The van der Waals surface area contributed by atoms with Crippen molar-refractivity contribution >= 4 is 29.3 Å². The number of nitrogens with zero attached hydrogens (tertiary/aromatic N) is 1. The third kappa shape index (κ3) is 3.28. The molecule has 1 heterocycles. The Hall–Kier alpha value is -1.79. The Kier molecular flexibility index (Phi) is 3.73. The molecule has 0 unspecified atom stereocenters. The van der Waals surface area contributed by atoms with Crippen molar-refractivity contribution in [3.8, 4) is 0 Å². The van der Waals surface area contributed by atoms with Crippen LogP contribution < -0.4 is 5.56 Å². The van der Waals surface area contributed by atoms with Crippen molar-refractivity contribution in [2.24, 2.45) is 0 Å². The molecule has 108 valence electrons. The molecule has 0 spiro atoms. The van der Waals surface area contributed by atoms with Crippen LogP contribution in [0.5, 0.6) is 0 Å². The minimum absolute atomic E-state index is 0.0360. The number of carbonyl (C=O) groups is 1. The zero-order valence-corrected chi connectivity index (χ0v) is 12.4. The van der Waals surface area contributed by atoms with Gasteiger partial charge in [-0.2, -0.15) is 0 Å². The molecule has 0 saturated heterocycles. The fourth-order valence-corrected chi connectivity index (χ4v) is 2.97. The predicted octanol–water partition coefficient (Wildman–Crippen LogP) is 3.15. The summed E-state index contributed by atoms with van der Waals surface area (Å²) >= 11 is 7.08. The van der Waals surface area contributed by atoms with Crippen LogP contribution in [-0.2, 0) is 0 Å². The first-order valence-corrected chi connectivity index (χ1v) is 7.54. The van der Waals surface area contributed by atoms with Gasteiger partial charge in [0.05, 0.1) is 10.6 Å². The second-order valence-corrected chi connectivity index (χ2v) is 6.29. The molecular formula is C14H11ClN2O3S. The van der Waals surface area contributed by atoms with Gasteiger partial charge in [0.1, 0.15) is 10.9 Å². The smallest absolute Gasteiger partial charge is 0.337 e. The van der Waals surface area contributed by atoms with Crippen molar-refractivity contribution in [3.05, 3.63) is 51.0 Å². The van der Waals surface area contributed by atoms with Gasteiger partial charge in [-0.05, 0) is 31.0 Å². The highest BCUT2D eigenvalue weighted by Crippen LogP contribution is 2.38. The van der Waals surface area contributed by atoms with E-state index in [0.29, 0.717) is 21.7 Å². The van der Waals surface area contributed by atoms with Crippen LogP contribution in [0.2, 0.25) is 5.02 Å². The first kappa shape index (κ1) is 14.2. The lowest BCUT2D eigenvalue weighted by Gasteiger charge is -2.05. The molecule has 5 nitrogen and oxygen atoms in total. The van der Waals surface area contributed by atoms with Gasteiger partial charge in [-0.25, -0.2) is 9.78 Å². The summed E-state index contributed by atoms with van der Waals surface area (Å²) in [6.07, 6.45) is 2.09. The van der Waals surface area contributed by atoms with Crippen LogP contribution in [0.3, 0.4) is 0 Å². The number of nitrogens with one attached hydrogen (secondary N) is 1. The van der Waals surface area contributed by atoms with Crippen LogP contribution in [0.4, 0.5) is 0 Å². The third-order valence-electron chi connectivity index (χ3n) is 3.09. The van der Waals surface area contributed by atoms with Gasteiger partial charge in [-0.3, -0.25) is 4.79 Å². The summed E-state index contributed by atoms with van der Waals surface area (Å²) in [7, 11) is 0. The Morgan fingerprint density at radius 1 is 1.38 bits per heavy atom. The number of H-pyrrole nitrogens is 1. The highest BCUT2D eigenvalue weighted by molar-refractivity contribution is 7.99. The van der Waals surface area contributed by atoms with E-state index in [1.165, 1.54) is 30.0 Å². The van der Waals surface area contributed by atoms with E-state index in [0.717, 1.165) is 12.8 Å². The minimum Gasteiger partial charge on any atom is -0.478 e. The first-order chi connectivity index (χ1) is 10.0. The highest BCUT2D eigenvalue weighted by atomic mass is 35.5. The Morgan fingerprint density at radius 3 is 2.81 bits per heavy atom. The lowest BCUT2D eigenvalue weighted by atomic mass is 10.2. The minimum atomic E-state index is -1.08. The second-order valence-electron chi connectivity index (χ2n) is 4.79. The van der Waals surface area contributed by atoms with Gasteiger partial charge in [0.2, 0.25) is 0 Å². The molecule has 1 aromatic carbocycles. The van der Waals surface area contributed by atoms with Crippen LogP contribution in [0.25, 0.3) is 0 Å². The largest absolute Gasteiger partial charge is 0.478 e. The Balaban J connectivity index is 1.91. The number of benzene rings is 1. The number of carboxylic acid groups (broad SMARTS) is 1. The van der Waals surface area contributed by atoms with Crippen LogP contribution in [0.1, 0.15) is 34.9 Å². The standard InChI is InChI=1S/C14H11ClN2O3S/c15-10-4-3-8(5-9(10)14(19)20)21-12-6-11(18)16-13(17-12)7-1-2-7/h3-7H,1-2H2,(H,19,20)(H,16,17,18). The third-order valence-corrected chi connectivity index (χ3v) is 4.33. The van der Waals surface area contributed by atoms with Crippen molar-refractivity contribution in [3.63, 3.8) is 0 Å². The first-order valence-electron chi connectivity index (χ1n) is 6.35. The van der Waals surface area contributed by atoms with E-state index in [9.17, 15) is 9.59 Å². The van der Waals surface area contributed by atoms with E-state index >= 15 is 0 Å². The van der Waals surface area contributed by atoms with Crippen LogP contribution in [-0.4, -0.2) is 21.0 Å². The van der Waals surface area contributed by atoms with Gasteiger partial charge < -0.3 is 10.1 Å². The molecule has 0 radical (unpaired) electrons. The maximum Gasteiger partial charge on any atom is 0.337 e. The Bertz CT molecular complexity index is 771. The molecule has 3 rings (SSSR count). The molecule has 1 aliphatic rings. The molecule has 1 aromatic heterocycles. The van der Waals surface area contributed by atoms with Crippen molar-refractivity contribution in [1.29, 1.82) is 0 Å². The molecule has 1 aliphatic carbocycles. The zero-order valence-electron chi connectivity index (χ0n) is 10.8. The monoisotopic (exact) mass is 322 g/mol. The number of hydrogen-bond acceptors (Lipinski definition) is 4. The molecule has 2 aromatic rings. The van der Waals surface area contributed by atoms with E-state index < -0.39 is 5.97 Å². The summed E-state index contributed by atoms with van der Waals surface area (Å²) in [5.41, 5.74) is -0.157. The van der Waals surface area contributed by atoms with E-state index in [1.54, 1.807) is 6.07 Å². The van der Waals surface area contributed by atoms with Gasteiger partial charge in [0.25, 0.3) is 5.56 Å². The summed E-state index contributed by atoms with van der Waals surface area (Å²) in [5.74, 6) is -0.0320. The lowest BCUT2D eigenvalue weighted by molar-refractivity contribution is 0.0697. The van der Waals surface area contributed by atoms with Crippen molar-refractivity contribution in [2.45, 2.75) is 28.7 Å². The van der Waals surface area contributed by atoms with E-state index in [4.69, 9.17) is 16.7 Å². The fourth-order valence-electron chi connectivity index (χ4n) is 1.91. The van der Waals surface area contributed by atoms with Crippen molar-refractivity contribution in [1.82, 2.24) is 9.97 Å². The molecule has 21 heavy (non-hydrogen) atoms. The lowest BCUT2D eigenvalue weighted by Crippen LogP contribution is -2.10. The Labute approximate surface area is 129 Å². The maximum absolute atomic E-state index is 11.6. The number of aromatic carboxylic acids is 1. The number of carboxylic acids is 1. The summed E-state index contributed by atoms with van der Waals surface area (Å²) in [6, 6.07) is 6.13. The predicted molar refractivity (Wildman–Crippen MR) is 79.4 cm³/mol. The number of aromatic amines is 1. The Morgan fingerprint density at radius 2 is 2.14 bits per heavy atom. The van der Waals surface area contributed by atoms with Gasteiger partial charge in [-0.1, -0.05) is 23.4 Å². The SMILES string of the molecule is O=C(O)c1cc(Sc2cc(=O)[nH]c(C3CC3)n2)ccc1Cl. The molecule has 0 aliphatic heterocycles. The molecule has 0 amide bonds. The topological polar surface area (TPSA) is 83.0 Å². The zero-order chi connectivity index (χ0) is 15.0. The average Bonchev–Trinajstić information content (AvgIpc) is 3.24. The highest BCUT2D eigenvalue weighted by Gasteiger charge is 2.26. The van der Waals surface area contributed by atoms with Crippen molar-refractivity contribution in [2.75, 3.05) is 0 Å². The van der Waals surface area contributed by atoms with Crippen LogP contribution in [0.15, 0.2) is 39.0 Å². The molecule has 2 N–H and O–H groups in total. The van der Waals surface area contributed by atoms with Gasteiger partial charge in [0, 0.05) is 16.9 Å². The summed E-state index contributed by atoms with van der Waals surface area (Å²) < 4.78 is 0. The average molecular weight is 323 g/mol. The number of rotatable bonds is 4. The second kappa shape index (κ2) is 5.54. The fraction of sp³-hybridized carbons (Fsp3) is 0.214. The molecule has 1 fully saturated rings. The summed E-state index contributed by atoms with van der Waals surface area (Å²) in [5, 5.41) is 9.80. The van der Waals surface area contributed by atoms with Gasteiger partial charge in [0.15, 0.2) is 0 Å². The van der Waals surface area contributed by atoms with Crippen molar-refractivity contribution < 1.29 is 9.90 Å². The maximum atomic E-state index is 11.6. The molecule has 1 saturated carbocycles. The molecule has 0 atom stereocenters. The summed E-state index contributed by atoms with van der Waals surface area (Å²) in [6.45, 7) is 0. The van der Waals surface area contributed by atoms with Crippen LogP contribution in [0, 0.1) is 0 Å². The van der Waals surface area contributed by atoms with Crippen LogP contribution >= 0.6 is 23.4 Å². The number of aromatic nitrogens is 2. The molecule has 0 bridgehead atoms. The van der Waals surface area contributed by atoms with E-state index in [1.807, 2.05) is 0 Å². The van der Waals surface area contributed by atoms with Gasteiger partial charge in [-0.15, -0.1) is 0 Å². The quantitative estimate of drug-likeness (QED) is 0.845. The normalized spacial score (nSPS) is 14.1. The summed E-state index contributed by atoms with van der Waals surface area (Å²) in [4.78, 5) is 30.5. The van der Waals surface area contributed by atoms with E-state index in [2.05, 4.69) is 9.97 Å².